The first-order valence-corrected chi connectivity index (χ1v) is 13.5. The molecule has 222 valence electrons. The van der Waals surface area contributed by atoms with Gasteiger partial charge in [0.15, 0.2) is 0 Å². The number of hydrogen-bond acceptors (Lipinski definition) is 5. The van der Waals surface area contributed by atoms with Gasteiger partial charge < -0.3 is 15.1 Å². The number of nitrogens with zero attached hydrogens (tertiary/aromatic N) is 2. The summed E-state index contributed by atoms with van der Waals surface area (Å²) in [7, 11) is 1.38. The van der Waals surface area contributed by atoms with E-state index in [0.29, 0.717) is 18.4 Å². The molecule has 2 amide bonds. The Bertz CT molecular complexity index is 1750. The molecule has 43 heavy (non-hydrogen) atoms. The molecule has 2 aromatic carbocycles. The highest BCUT2D eigenvalue weighted by atomic mass is 19.4. The van der Waals surface area contributed by atoms with Crippen molar-refractivity contribution in [3.63, 3.8) is 0 Å². The lowest BCUT2D eigenvalue weighted by atomic mass is 9.95. The highest BCUT2D eigenvalue weighted by Crippen LogP contribution is 2.38. The monoisotopic (exact) mass is 596 g/mol. The number of pyridine rings is 1. The quantitative estimate of drug-likeness (QED) is 0.227. The fourth-order valence-corrected chi connectivity index (χ4v) is 5.31. The molecule has 1 saturated carbocycles. The van der Waals surface area contributed by atoms with Gasteiger partial charge in [0.25, 0.3) is 11.8 Å². The Balaban J connectivity index is 1.67. The van der Waals surface area contributed by atoms with Crippen molar-refractivity contribution >= 4 is 22.9 Å². The lowest BCUT2D eigenvalue weighted by Gasteiger charge is -2.22. The summed E-state index contributed by atoms with van der Waals surface area (Å²) >= 11 is 0. The zero-order chi connectivity index (χ0) is 30.9. The lowest BCUT2D eigenvalue weighted by Crippen LogP contribution is -2.45. The van der Waals surface area contributed by atoms with Gasteiger partial charge in [-0.25, -0.2) is 13.8 Å². The summed E-state index contributed by atoms with van der Waals surface area (Å²) in [4.78, 5) is 30.5. The molecule has 2 aromatic heterocycles. The second kappa shape index (κ2) is 11.5. The summed E-state index contributed by atoms with van der Waals surface area (Å²) in [5, 5.41) is 14.9. The predicted octanol–water partition coefficient (Wildman–Crippen LogP) is 6.86. The smallest absolute Gasteiger partial charge is 0.389 e. The number of hydrogen-bond donors (Lipinski definition) is 2. The molecule has 0 radical (unpaired) electrons. The summed E-state index contributed by atoms with van der Waals surface area (Å²) in [5.41, 5.74) is -1.08. The van der Waals surface area contributed by atoms with Crippen molar-refractivity contribution in [2.45, 2.75) is 50.2 Å². The maximum Gasteiger partial charge on any atom is 0.389 e. The number of fused-ring (bicyclic) bond motifs is 1. The number of rotatable bonds is 7. The number of nitriles is 1. The molecule has 0 saturated heterocycles. The molecule has 1 aliphatic carbocycles. The Hall–Kier alpha value is -4.79. The minimum atomic E-state index is -4.52. The number of nitrogens with one attached hydrogen (secondary N) is 2. The van der Waals surface area contributed by atoms with E-state index in [0.717, 1.165) is 31.0 Å². The number of carbonyl (C=O) groups excluding carboxylic acids is 2. The van der Waals surface area contributed by atoms with Gasteiger partial charge in [-0.1, -0.05) is 6.07 Å². The molecule has 5 rings (SSSR count). The summed E-state index contributed by atoms with van der Waals surface area (Å²) in [6, 6.07) is 12.1. The minimum Gasteiger partial charge on any atom is -0.437 e. The summed E-state index contributed by atoms with van der Waals surface area (Å²) < 4.78 is 74.2. The van der Waals surface area contributed by atoms with Gasteiger partial charge in [-0.15, -0.1) is 0 Å². The van der Waals surface area contributed by atoms with Crippen LogP contribution in [0.3, 0.4) is 0 Å². The number of furan rings is 1. The van der Waals surface area contributed by atoms with Crippen LogP contribution >= 0.6 is 0 Å². The van der Waals surface area contributed by atoms with Crippen molar-refractivity contribution in [1.82, 2.24) is 15.6 Å². The zero-order valence-electron chi connectivity index (χ0n) is 22.9. The van der Waals surface area contributed by atoms with Gasteiger partial charge >= 0.3 is 6.18 Å². The van der Waals surface area contributed by atoms with Crippen molar-refractivity contribution in [3.05, 3.63) is 77.0 Å². The minimum absolute atomic E-state index is 0.0116. The third kappa shape index (κ3) is 6.07. The number of alkyl halides is 3. The molecule has 4 aromatic rings. The highest BCUT2D eigenvalue weighted by Gasteiger charge is 2.36. The Labute approximate surface area is 242 Å². The third-order valence-corrected chi connectivity index (χ3v) is 7.51. The predicted molar refractivity (Wildman–Crippen MR) is 147 cm³/mol. The number of amides is 2. The van der Waals surface area contributed by atoms with Crippen LogP contribution in [0.5, 0.6) is 0 Å². The van der Waals surface area contributed by atoms with Gasteiger partial charge in [-0.05, 0) is 80.1 Å². The number of aromatic nitrogens is 1. The van der Waals surface area contributed by atoms with Gasteiger partial charge in [0, 0.05) is 24.6 Å². The number of aryl methyl sites for hydroxylation is 1. The van der Waals surface area contributed by atoms with E-state index >= 15 is 0 Å². The second-order valence-electron chi connectivity index (χ2n) is 10.4. The molecule has 1 fully saturated rings. The van der Waals surface area contributed by atoms with Crippen LogP contribution in [0.2, 0.25) is 0 Å². The summed E-state index contributed by atoms with van der Waals surface area (Å²) in [5.74, 6) is -2.81. The first-order valence-electron chi connectivity index (χ1n) is 13.5. The van der Waals surface area contributed by atoms with Gasteiger partial charge in [0.2, 0.25) is 5.71 Å². The zero-order valence-corrected chi connectivity index (χ0v) is 22.9. The normalized spacial score (nSPS) is 14.4. The van der Waals surface area contributed by atoms with Gasteiger partial charge in [-0.2, -0.15) is 18.4 Å². The fraction of sp³-hybridized carbons (Fsp3) is 0.290. The number of halogens is 5. The van der Waals surface area contributed by atoms with Crippen LogP contribution in [0.4, 0.5) is 22.0 Å². The Morgan fingerprint density at radius 3 is 2.33 bits per heavy atom. The first kappa shape index (κ1) is 29.7. The number of carbonyl (C=O) groups is 2. The molecule has 0 bridgehead atoms. The van der Waals surface area contributed by atoms with Gasteiger partial charge in [0.05, 0.1) is 28.3 Å². The van der Waals surface area contributed by atoms with Crippen molar-refractivity contribution < 1.29 is 36.0 Å². The van der Waals surface area contributed by atoms with Crippen LogP contribution < -0.4 is 10.6 Å². The van der Waals surface area contributed by atoms with E-state index in [4.69, 9.17) is 4.42 Å². The Kier molecular flexibility index (Phi) is 7.92. The van der Waals surface area contributed by atoms with Gasteiger partial charge in [0.1, 0.15) is 22.9 Å². The molecule has 12 heteroatoms. The molecule has 2 N–H and O–H groups in total. The van der Waals surface area contributed by atoms with Crippen LogP contribution in [-0.2, 0) is 6.42 Å². The molecule has 0 aliphatic heterocycles. The van der Waals surface area contributed by atoms with Crippen molar-refractivity contribution in [1.29, 1.82) is 5.26 Å². The maximum atomic E-state index is 14.9. The van der Waals surface area contributed by atoms with Crippen molar-refractivity contribution in [2.24, 2.45) is 0 Å². The summed E-state index contributed by atoms with van der Waals surface area (Å²) in [6.07, 6.45) is -4.05. The average molecular weight is 597 g/mol. The van der Waals surface area contributed by atoms with Crippen LogP contribution in [0.25, 0.3) is 33.6 Å². The van der Waals surface area contributed by atoms with E-state index in [2.05, 4.69) is 21.7 Å². The van der Waals surface area contributed by atoms with E-state index in [9.17, 15) is 36.8 Å². The molecule has 0 unspecified atom stereocenters. The van der Waals surface area contributed by atoms with Crippen LogP contribution in [0, 0.1) is 23.0 Å². The maximum absolute atomic E-state index is 14.9. The molecule has 0 atom stereocenters. The highest BCUT2D eigenvalue weighted by molar-refractivity contribution is 6.11. The first-order chi connectivity index (χ1) is 20.4. The van der Waals surface area contributed by atoms with Gasteiger partial charge in [-0.3, -0.25) is 9.59 Å². The lowest BCUT2D eigenvalue weighted by molar-refractivity contribution is -0.134. The third-order valence-electron chi connectivity index (χ3n) is 7.51. The molecular formula is C31H25F5N4O3. The van der Waals surface area contributed by atoms with Crippen molar-refractivity contribution in [2.75, 3.05) is 7.05 Å². The Morgan fingerprint density at radius 2 is 1.70 bits per heavy atom. The SMILES string of the molecule is CNC(=O)c1c(-c2ccc(F)cc2)oc2nc(CCC(F)(F)F)c(-c3ccc(F)c(C(=O)NC4(C#N)CCCC4)c3)cc12. The number of benzene rings is 2. The molecule has 0 spiro atoms. The molecule has 1 aliphatic rings. The molecule has 2 heterocycles. The average Bonchev–Trinajstić information content (AvgIpc) is 3.60. The van der Waals surface area contributed by atoms with Crippen LogP contribution in [0.1, 0.15) is 58.5 Å². The second-order valence-corrected chi connectivity index (χ2v) is 10.4. The van der Waals surface area contributed by atoms with E-state index in [1.165, 1.54) is 37.4 Å². The summed E-state index contributed by atoms with van der Waals surface area (Å²) in [6.45, 7) is 0. The standard InChI is InChI=1S/C31H25F5N4O3/c1-38-28(42)25-22-15-20(18-6-9-23(33)21(14-18)27(41)40-30(16-37)11-2-3-12-30)24(10-13-31(34,35)36)39-29(22)43-26(25)17-4-7-19(32)8-5-17/h4-9,14-15H,2-3,10-13H2,1H3,(H,38,42)(H,40,41). The molecular weight excluding hydrogens is 571 g/mol. The van der Waals surface area contributed by atoms with E-state index in [-0.39, 0.29) is 39.2 Å². The van der Waals surface area contributed by atoms with Crippen LogP contribution in [0.15, 0.2) is 52.9 Å². The van der Waals surface area contributed by atoms with E-state index in [1.807, 2.05) is 0 Å². The van der Waals surface area contributed by atoms with E-state index < -0.39 is 53.6 Å². The Morgan fingerprint density at radius 1 is 1.02 bits per heavy atom. The topological polar surface area (TPSA) is 108 Å². The van der Waals surface area contributed by atoms with Crippen molar-refractivity contribution in [3.8, 4) is 28.5 Å². The molecule has 7 nitrogen and oxygen atoms in total. The fourth-order valence-electron chi connectivity index (χ4n) is 5.31. The van der Waals surface area contributed by atoms with E-state index in [1.54, 1.807) is 0 Å². The largest absolute Gasteiger partial charge is 0.437 e. The van der Waals surface area contributed by atoms with Crippen LogP contribution in [-0.4, -0.2) is 35.6 Å².